The normalized spacial score (nSPS) is 11.4. The van der Waals surface area contributed by atoms with E-state index in [2.05, 4.69) is 31.8 Å². The molecule has 0 heterocycles. The molecule has 0 aromatic heterocycles. The van der Waals surface area contributed by atoms with Crippen molar-refractivity contribution in [3.05, 3.63) is 41.5 Å². The average Bonchev–Trinajstić information content (AvgIpc) is 2.35. The number of aliphatic hydroxyl groups excluding tert-OH is 1. The lowest BCUT2D eigenvalue weighted by atomic mass is 10.4. The van der Waals surface area contributed by atoms with E-state index in [-0.39, 0.29) is 6.61 Å². The van der Waals surface area contributed by atoms with Crippen molar-refractivity contribution in [1.82, 2.24) is 0 Å². The van der Waals surface area contributed by atoms with Crippen molar-refractivity contribution in [3.8, 4) is 0 Å². The molecule has 4 nitrogen and oxygen atoms in total. The fourth-order valence-corrected chi connectivity index (χ4v) is 3.52. The summed E-state index contributed by atoms with van der Waals surface area (Å²) in [6.07, 6.45) is 2.61. The summed E-state index contributed by atoms with van der Waals surface area (Å²) in [5.74, 6) is -0.833. The average molecular weight is 329 g/mol. The van der Waals surface area contributed by atoms with Crippen LogP contribution < -0.4 is 0 Å². The van der Waals surface area contributed by atoms with E-state index >= 15 is 0 Å². The molecule has 1 rings (SSSR count). The molecule has 0 spiro atoms. The molecule has 0 aliphatic carbocycles. The maximum atomic E-state index is 9.00. The maximum Gasteiger partial charge on any atom is 0.300 e. The molecule has 0 unspecified atom stereocenters. The maximum absolute atomic E-state index is 9.00. The van der Waals surface area contributed by atoms with Gasteiger partial charge in [-0.05, 0) is 44.3 Å². The van der Waals surface area contributed by atoms with E-state index in [1.165, 1.54) is 0 Å². The summed E-state index contributed by atoms with van der Waals surface area (Å²) >= 11 is 1.62. The molecule has 0 radical (unpaired) electrons. The van der Waals surface area contributed by atoms with Crippen LogP contribution in [-0.4, -0.2) is 31.1 Å². The van der Waals surface area contributed by atoms with E-state index in [0.29, 0.717) is 6.42 Å². The summed E-state index contributed by atoms with van der Waals surface area (Å²) in [6, 6.07) is 10.2. The highest BCUT2D eigenvalue weighted by Crippen LogP contribution is 2.29. The molecule has 118 valence electrons. The molecular formula is C15H24O4SSi. The van der Waals surface area contributed by atoms with Gasteiger partial charge in [-0.15, -0.1) is 0 Å². The van der Waals surface area contributed by atoms with Crippen molar-refractivity contribution >= 4 is 26.0 Å². The molecule has 1 aromatic rings. The van der Waals surface area contributed by atoms with E-state index in [1.54, 1.807) is 11.8 Å². The Labute approximate surface area is 132 Å². The molecule has 2 N–H and O–H groups in total. The van der Waals surface area contributed by atoms with Gasteiger partial charge in [0.15, 0.2) is 0 Å². The van der Waals surface area contributed by atoms with Crippen molar-refractivity contribution in [3.63, 3.8) is 0 Å². The van der Waals surface area contributed by atoms with Crippen LogP contribution in [0.1, 0.15) is 13.3 Å². The minimum absolute atomic E-state index is 0.161. The van der Waals surface area contributed by atoms with Crippen LogP contribution in [-0.2, 0) is 9.22 Å². The number of benzene rings is 1. The van der Waals surface area contributed by atoms with Crippen molar-refractivity contribution in [2.75, 3.05) is 6.61 Å². The van der Waals surface area contributed by atoms with E-state index < -0.39 is 14.3 Å². The lowest BCUT2D eigenvalue weighted by molar-refractivity contribution is -0.134. The highest BCUT2D eigenvalue weighted by Gasteiger charge is 2.18. The number of hydrogen-bond acceptors (Lipinski definition) is 4. The van der Waals surface area contributed by atoms with Gasteiger partial charge < -0.3 is 14.6 Å². The van der Waals surface area contributed by atoms with Gasteiger partial charge in [0.1, 0.15) is 5.09 Å². The predicted molar refractivity (Wildman–Crippen MR) is 89.8 cm³/mol. The first-order valence-electron chi connectivity index (χ1n) is 6.67. The molecule has 6 heteroatoms. The fourth-order valence-electron chi connectivity index (χ4n) is 1.19. The third kappa shape index (κ3) is 13.5. The Morgan fingerprint density at radius 3 is 2.24 bits per heavy atom. The van der Waals surface area contributed by atoms with E-state index in [9.17, 15) is 0 Å². The second-order valence-electron chi connectivity index (χ2n) is 5.18. The number of thioether (sulfide) groups is 1. The van der Waals surface area contributed by atoms with Gasteiger partial charge in [-0.2, -0.15) is 0 Å². The monoisotopic (exact) mass is 328 g/mol. The molecule has 0 bridgehead atoms. The highest BCUT2D eigenvalue weighted by molar-refractivity contribution is 8.03. The first-order valence-corrected chi connectivity index (χ1v) is 10.9. The van der Waals surface area contributed by atoms with Gasteiger partial charge in [-0.25, -0.2) is 0 Å². The second kappa shape index (κ2) is 10.5. The van der Waals surface area contributed by atoms with Crippen molar-refractivity contribution in [1.29, 1.82) is 0 Å². The largest absolute Gasteiger partial charge is 0.540 e. The smallest absolute Gasteiger partial charge is 0.300 e. The zero-order valence-corrected chi connectivity index (χ0v) is 14.8. The number of carboxylic acid groups (broad SMARTS) is 1. The van der Waals surface area contributed by atoms with Gasteiger partial charge >= 0.3 is 0 Å². The number of aliphatic hydroxyl groups is 1. The summed E-state index contributed by atoms with van der Waals surface area (Å²) in [7, 11) is -1.59. The number of hydrogen-bond donors (Lipinski definition) is 2. The minimum Gasteiger partial charge on any atom is -0.540 e. The third-order valence-electron chi connectivity index (χ3n) is 1.81. The van der Waals surface area contributed by atoms with Gasteiger partial charge in [-0.3, -0.25) is 4.79 Å². The van der Waals surface area contributed by atoms with Gasteiger partial charge in [0.25, 0.3) is 5.97 Å². The lowest BCUT2D eigenvalue weighted by Gasteiger charge is -2.21. The summed E-state index contributed by atoms with van der Waals surface area (Å²) in [5.41, 5.74) is 0. The van der Waals surface area contributed by atoms with Crippen LogP contribution >= 0.6 is 11.8 Å². The molecule has 0 fully saturated rings. The second-order valence-corrected chi connectivity index (χ2v) is 10.7. The summed E-state index contributed by atoms with van der Waals surface area (Å²) in [5, 5.41) is 17.2. The molecule has 0 saturated heterocycles. The van der Waals surface area contributed by atoms with E-state index in [0.717, 1.165) is 16.9 Å². The fraction of sp³-hybridized carbons (Fsp3) is 0.400. The number of carbonyl (C=O) groups is 1. The Kier molecular flexibility index (Phi) is 9.86. The first kappa shape index (κ1) is 19.8. The van der Waals surface area contributed by atoms with Crippen LogP contribution in [0.25, 0.3) is 0 Å². The molecule has 0 aliphatic rings. The van der Waals surface area contributed by atoms with Gasteiger partial charge in [0, 0.05) is 18.4 Å². The Balaban J connectivity index is 0.000000885. The summed E-state index contributed by atoms with van der Waals surface area (Å²) in [6.45, 7) is 7.72. The highest BCUT2D eigenvalue weighted by atomic mass is 32.2. The zero-order valence-electron chi connectivity index (χ0n) is 13.0. The third-order valence-corrected chi connectivity index (χ3v) is 3.75. The number of carboxylic acids is 1. The van der Waals surface area contributed by atoms with Crippen molar-refractivity contribution < 1.29 is 19.4 Å². The molecule has 0 amide bonds. The van der Waals surface area contributed by atoms with E-state index in [1.807, 2.05) is 24.3 Å². The first-order chi connectivity index (χ1) is 9.74. The lowest BCUT2D eigenvalue weighted by Crippen LogP contribution is -2.24. The number of aliphatic carboxylic acids is 1. The molecule has 0 atom stereocenters. The molecular weight excluding hydrogens is 304 g/mol. The summed E-state index contributed by atoms with van der Waals surface area (Å²) in [4.78, 5) is 10.2. The number of rotatable bonds is 6. The summed E-state index contributed by atoms with van der Waals surface area (Å²) < 4.78 is 6.00. The Morgan fingerprint density at radius 1 is 1.29 bits per heavy atom. The van der Waals surface area contributed by atoms with E-state index in [4.69, 9.17) is 19.4 Å². The minimum atomic E-state index is -1.59. The molecule has 21 heavy (non-hydrogen) atoms. The van der Waals surface area contributed by atoms with Gasteiger partial charge in [-0.1, -0.05) is 30.0 Å². The Bertz CT molecular complexity index is 437. The molecule has 0 aliphatic heterocycles. The van der Waals surface area contributed by atoms with Crippen molar-refractivity contribution in [2.45, 2.75) is 37.9 Å². The topological polar surface area (TPSA) is 66.8 Å². The molecule has 1 aromatic carbocycles. The van der Waals surface area contributed by atoms with Gasteiger partial charge in [0.2, 0.25) is 8.32 Å². The van der Waals surface area contributed by atoms with Crippen LogP contribution in [0.3, 0.4) is 0 Å². The van der Waals surface area contributed by atoms with Crippen LogP contribution in [0, 0.1) is 0 Å². The SMILES string of the molecule is CC(=O)O.C[Si](C)(C)O/C(=C\CCO)Sc1ccccc1. The van der Waals surface area contributed by atoms with Crippen molar-refractivity contribution in [2.24, 2.45) is 0 Å². The van der Waals surface area contributed by atoms with Crippen LogP contribution in [0.15, 0.2) is 46.4 Å². The quantitative estimate of drug-likeness (QED) is 0.470. The van der Waals surface area contributed by atoms with Crippen LogP contribution in [0.5, 0.6) is 0 Å². The zero-order chi connectivity index (χ0) is 16.3. The Morgan fingerprint density at radius 2 is 1.81 bits per heavy atom. The predicted octanol–water partition coefficient (Wildman–Crippen LogP) is 3.94. The van der Waals surface area contributed by atoms with Crippen LogP contribution in [0.2, 0.25) is 19.6 Å². The molecule has 0 saturated carbocycles. The standard InChI is InChI=1S/C13H20O2SSi.C2H4O2/c1-17(2,3)15-13(10-7-11-14)16-12-8-5-4-6-9-12;1-2(3)4/h4-6,8-10,14H,7,11H2,1-3H3;1H3,(H,3,4)/b13-10+;. The van der Waals surface area contributed by atoms with Crippen LogP contribution in [0.4, 0.5) is 0 Å². The Hall–Kier alpha value is -1.24. The van der Waals surface area contributed by atoms with Gasteiger partial charge in [0.05, 0.1) is 0 Å².